The summed E-state index contributed by atoms with van der Waals surface area (Å²) in [6, 6.07) is 2.53. The van der Waals surface area contributed by atoms with E-state index >= 15 is 0 Å². The highest BCUT2D eigenvalue weighted by molar-refractivity contribution is 7.17. The first-order valence-electron chi connectivity index (χ1n) is 11.6. The number of carbonyl (C=O) groups is 3. The summed E-state index contributed by atoms with van der Waals surface area (Å²) in [5.41, 5.74) is 1.92. The topological polar surface area (TPSA) is 101 Å². The van der Waals surface area contributed by atoms with Gasteiger partial charge in [0, 0.05) is 22.9 Å². The van der Waals surface area contributed by atoms with Gasteiger partial charge in [0.15, 0.2) is 5.78 Å². The third-order valence-corrected chi connectivity index (χ3v) is 8.29. The van der Waals surface area contributed by atoms with Crippen LogP contribution in [0.1, 0.15) is 47.8 Å². The summed E-state index contributed by atoms with van der Waals surface area (Å²) < 4.78 is 5.65. The van der Waals surface area contributed by atoms with Crippen molar-refractivity contribution in [1.29, 1.82) is 0 Å². The molecule has 2 aliphatic heterocycles. The number of aryl methyl sites for hydroxylation is 1. The first-order valence-corrected chi connectivity index (χ1v) is 12.4. The zero-order valence-electron chi connectivity index (χ0n) is 18.8. The van der Waals surface area contributed by atoms with E-state index in [1.807, 2.05) is 19.9 Å². The fraction of sp³-hybridized carbons (Fsp3) is 0.542. The molecule has 3 aliphatic rings. The number of nitrogens with one attached hydrogen (secondary N) is 1. The summed E-state index contributed by atoms with van der Waals surface area (Å²) in [6.07, 6.45) is 7.05. The van der Waals surface area contributed by atoms with Crippen LogP contribution in [-0.4, -0.2) is 64.0 Å². The molecule has 4 unspecified atom stereocenters. The third kappa shape index (κ3) is 4.08. The lowest BCUT2D eigenvalue weighted by Gasteiger charge is -2.30. The molecule has 174 valence electrons. The minimum Gasteiger partial charge on any atom is -0.367 e. The summed E-state index contributed by atoms with van der Waals surface area (Å²) >= 11 is 1.37. The molecule has 4 atom stereocenters. The summed E-state index contributed by atoms with van der Waals surface area (Å²) in [5, 5.41) is 10.9. The molecule has 4 heterocycles. The number of Topliss-reactive ketones (excluding diaryl/α,β-unsaturated/α-hetero) is 1. The number of nitrogens with zero attached hydrogens (tertiary/aromatic N) is 3. The Morgan fingerprint density at radius 1 is 1.21 bits per heavy atom. The number of aromatic nitrogens is 2. The Labute approximate surface area is 196 Å². The number of likely N-dealkylation sites (tertiary alicyclic amines) is 1. The van der Waals surface area contributed by atoms with Crippen molar-refractivity contribution in [3.63, 3.8) is 0 Å². The number of hydrogen-bond donors (Lipinski definition) is 1. The summed E-state index contributed by atoms with van der Waals surface area (Å²) in [6.45, 7) is 4.51. The highest BCUT2D eigenvalue weighted by Gasteiger charge is 2.52. The van der Waals surface area contributed by atoms with Crippen molar-refractivity contribution in [3.8, 4) is 10.4 Å². The van der Waals surface area contributed by atoms with E-state index in [0.717, 1.165) is 41.7 Å². The van der Waals surface area contributed by atoms with E-state index in [1.165, 1.54) is 11.3 Å². The van der Waals surface area contributed by atoms with E-state index in [0.29, 0.717) is 11.4 Å². The average molecular weight is 469 g/mol. The van der Waals surface area contributed by atoms with Crippen LogP contribution in [0.4, 0.5) is 0 Å². The second-order valence-electron chi connectivity index (χ2n) is 9.40. The highest BCUT2D eigenvalue weighted by atomic mass is 32.1. The first kappa shape index (κ1) is 22.2. The van der Waals surface area contributed by atoms with Gasteiger partial charge < -0.3 is 15.0 Å². The molecule has 33 heavy (non-hydrogen) atoms. The molecule has 9 heteroatoms. The van der Waals surface area contributed by atoms with E-state index < -0.39 is 12.1 Å². The molecule has 2 aromatic heterocycles. The van der Waals surface area contributed by atoms with Crippen LogP contribution in [0, 0.1) is 18.8 Å². The summed E-state index contributed by atoms with van der Waals surface area (Å²) in [5.74, 6) is -0.270. The molecule has 0 bridgehead atoms. The van der Waals surface area contributed by atoms with E-state index in [-0.39, 0.29) is 42.1 Å². The van der Waals surface area contributed by atoms with Crippen molar-refractivity contribution in [2.45, 2.75) is 57.7 Å². The number of fused-ring (bicyclic) bond motifs is 1. The maximum absolute atomic E-state index is 13.7. The molecule has 0 spiro atoms. The number of carbonyl (C=O) groups excluding carboxylic acids is 3. The van der Waals surface area contributed by atoms with Crippen molar-refractivity contribution in [2.24, 2.45) is 11.8 Å². The van der Waals surface area contributed by atoms with Gasteiger partial charge in [-0.15, -0.1) is 11.3 Å². The van der Waals surface area contributed by atoms with Gasteiger partial charge in [-0.05, 0) is 43.4 Å². The summed E-state index contributed by atoms with van der Waals surface area (Å²) in [7, 11) is 0. The standard InChI is InChI=1S/C24H28N4O4S/c1-13-9-25-26-10-16(13)18-7-8-19(33-18)23(30)27-20(15-5-3-4-6-15)24(31)28-11-14(2)22-21(28)17(29)12-32-22/h7-10,14-15,20-22H,3-6,11-12H2,1-2H3,(H,27,30). The van der Waals surface area contributed by atoms with Crippen molar-refractivity contribution >= 4 is 28.9 Å². The Kier molecular flexibility index (Phi) is 6.01. The third-order valence-electron chi connectivity index (χ3n) is 7.17. The minimum absolute atomic E-state index is 0.0431. The molecule has 2 saturated heterocycles. The fourth-order valence-electron chi connectivity index (χ4n) is 5.43. The second-order valence-corrected chi connectivity index (χ2v) is 10.5. The molecule has 2 aromatic rings. The molecule has 0 radical (unpaired) electrons. The molecule has 8 nitrogen and oxygen atoms in total. The molecule has 1 saturated carbocycles. The lowest BCUT2D eigenvalue weighted by atomic mass is 9.96. The van der Waals surface area contributed by atoms with Crippen LogP contribution in [0.5, 0.6) is 0 Å². The van der Waals surface area contributed by atoms with Crippen LogP contribution in [0.25, 0.3) is 10.4 Å². The van der Waals surface area contributed by atoms with Crippen LogP contribution in [0.2, 0.25) is 0 Å². The Morgan fingerprint density at radius 2 is 1.97 bits per heavy atom. The van der Waals surface area contributed by atoms with Gasteiger partial charge in [-0.25, -0.2) is 0 Å². The van der Waals surface area contributed by atoms with Gasteiger partial charge in [-0.2, -0.15) is 10.2 Å². The van der Waals surface area contributed by atoms with Gasteiger partial charge in [0.25, 0.3) is 5.91 Å². The maximum Gasteiger partial charge on any atom is 0.262 e. The van der Waals surface area contributed by atoms with E-state index in [1.54, 1.807) is 23.4 Å². The number of ketones is 1. The predicted molar refractivity (Wildman–Crippen MR) is 123 cm³/mol. The lowest BCUT2D eigenvalue weighted by Crippen LogP contribution is -2.54. The van der Waals surface area contributed by atoms with Crippen LogP contribution >= 0.6 is 11.3 Å². The first-order chi connectivity index (χ1) is 15.9. The molecule has 1 aliphatic carbocycles. The fourth-order valence-corrected chi connectivity index (χ4v) is 6.41. The molecule has 1 N–H and O–H groups in total. The van der Waals surface area contributed by atoms with E-state index in [9.17, 15) is 14.4 Å². The van der Waals surface area contributed by atoms with Crippen LogP contribution < -0.4 is 5.32 Å². The second kappa shape index (κ2) is 8.95. The number of thiophene rings is 1. The molecular weight excluding hydrogens is 440 g/mol. The zero-order chi connectivity index (χ0) is 23.1. The smallest absolute Gasteiger partial charge is 0.262 e. The number of hydrogen-bond acceptors (Lipinski definition) is 7. The lowest BCUT2D eigenvalue weighted by molar-refractivity contribution is -0.139. The van der Waals surface area contributed by atoms with E-state index in [2.05, 4.69) is 15.5 Å². The van der Waals surface area contributed by atoms with Crippen molar-refractivity contribution < 1.29 is 19.1 Å². The van der Waals surface area contributed by atoms with E-state index in [4.69, 9.17) is 4.74 Å². The van der Waals surface area contributed by atoms with Gasteiger partial charge in [-0.1, -0.05) is 19.8 Å². The number of rotatable bonds is 5. The van der Waals surface area contributed by atoms with Gasteiger partial charge >= 0.3 is 0 Å². The van der Waals surface area contributed by atoms with Crippen LogP contribution in [-0.2, 0) is 14.3 Å². The molecular formula is C24H28N4O4S. The largest absolute Gasteiger partial charge is 0.367 e. The maximum atomic E-state index is 13.7. The average Bonchev–Trinajstić information content (AvgIpc) is 3.59. The molecule has 2 amide bonds. The van der Waals surface area contributed by atoms with Gasteiger partial charge in [0.2, 0.25) is 5.91 Å². The van der Waals surface area contributed by atoms with Gasteiger partial charge in [0.1, 0.15) is 18.7 Å². The van der Waals surface area contributed by atoms with Crippen LogP contribution in [0.15, 0.2) is 24.5 Å². The number of amides is 2. The Morgan fingerprint density at radius 3 is 2.73 bits per heavy atom. The van der Waals surface area contributed by atoms with Crippen LogP contribution in [0.3, 0.4) is 0 Å². The number of ether oxygens (including phenoxy) is 1. The molecule has 5 rings (SSSR count). The van der Waals surface area contributed by atoms with Crippen molar-refractivity contribution in [2.75, 3.05) is 13.2 Å². The normalized spacial score (nSPS) is 25.9. The zero-order valence-corrected chi connectivity index (χ0v) is 19.6. The van der Waals surface area contributed by atoms with Crippen molar-refractivity contribution in [1.82, 2.24) is 20.4 Å². The van der Waals surface area contributed by atoms with Crippen molar-refractivity contribution in [3.05, 3.63) is 35.0 Å². The highest BCUT2D eigenvalue weighted by Crippen LogP contribution is 2.35. The molecule has 3 fully saturated rings. The minimum atomic E-state index is -0.630. The SMILES string of the molecule is Cc1cnncc1-c1ccc(C(=O)NC(C(=O)N2CC(C)C3OCC(=O)C32)C2CCCC2)s1. The van der Waals surface area contributed by atoms with Gasteiger partial charge in [0.05, 0.1) is 23.4 Å². The molecule has 0 aromatic carbocycles. The summed E-state index contributed by atoms with van der Waals surface area (Å²) in [4.78, 5) is 42.5. The quantitative estimate of drug-likeness (QED) is 0.724. The Bertz CT molecular complexity index is 1080. The van der Waals surface area contributed by atoms with Gasteiger partial charge in [-0.3, -0.25) is 14.4 Å². The predicted octanol–water partition coefficient (Wildman–Crippen LogP) is 2.62. The Balaban J connectivity index is 1.37. The Hall–Kier alpha value is -2.65. The monoisotopic (exact) mass is 468 g/mol.